The Labute approximate surface area is 120 Å². The number of pyridine rings is 1. The molecule has 104 valence electrons. The number of rotatable bonds is 1. The maximum absolute atomic E-state index is 5.23. The molecule has 0 fully saturated rings. The number of fused-ring (bicyclic) bond motifs is 2. The smallest absolute Gasteiger partial charge is 0.119 e. The van der Waals surface area contributed by atoms with Crippen LogP contribution in [-0.4, -0.2) is 12.1 Å². The first-order valence-electron chi connectivity index (χ1n) is 7.03. The predicted molar refractivity (Wildman–Crippen MR) is 86.5 cm³/mol. The molecule has 0 spiro atoms. The highest BCUT2D eigenvalue weighted by molar-refractivity contribution is 5.93. The zero-order valence-corrected chi connectivity index (χ0v) is 12.6. The molecular weight excluding hydrogens is 246 g/mol. The second kappa shape index (κ2) is 6.38. The molecule has 0 atom stereocenters. The van der Waals surface area contributed by atoms with E-state index in [1.165, 1.54) is 12.0 Å². The van der Waals surface area contributed by atoms with E-state index in [9.17, 15) is 0 Å². The third-order valence-electron chi connectivity index (χ3n) is 2.97. The molecule has 1 heterocycles. The summed E-state index contributed by atoms with van der Waals surface area (Å²) in [5.74, 6) is 0.866. The molecule has 1 aromatic heterocycles. The molecule has 2 nitrogen and oxygen atoms in total. The van der Waals surface area contributed by atoms with Gasteiger partial charge in [-0.3, -0.25) is 0 Å². The molecule has 0 aliphatic carbocycles. The largest absolute Gasteiger partial charge is 0.497 e. The van der Waals surface area contributed by atoms with Gasteiger partial charge in [0.15, 0.2) is 0 Å². The Morgan fingerprint density at radius 3 is 2.35 bits per heavy atom. The molecule has 0 aliphatic rings. The van der Waals surface area contributed by atoms with Crippen molar-refractivity contribution in [2.45, 2.75) is 27.2 Å². The maximum atomic E-state index is 5.23. The number of hydrogen-bond acceptors (Lipinski definition) is 2. The van der Waals surface area contributed by atoms with Crippen molar-refractivity contribution in [3.05, 3.63) is 48.0 Å². The van der Waals surface area contributed by atoms with Crippen molar-refractivity contribution in [2.75, 3.05) is 7.11 Å². The summed E-state index contributed by atoms with van der Waals surface area (Å²) in [6, 6.07) is 14.4. The van der Waals surface area contributed by atoms with Crippen LogP contribution in [0.3, 0.4) is 0 Å². The highest BCUT2D eigenvalue weighted by Gasteiger charge is 2.01. The van der Waals surface area contributed by atoms with E-state index in [1.54, 1.807) is 7.11 Å². The highest BCUT2D eigenvalue weighted by Crippen LogP contribution is 2.24. The lowest BCUT2D eigenvalue weighted by atomic mass is 10.1. The number of aryl methyl sites for hydroxylation is 1. The van der Waals surface area contributed by atoms with Crippen molar-refractivity contribution >= 4 is 21.8 Å². The average Bonchev–Trinajstić information content (AvgIpc) is 2.45. The Morgan fingerprint density at radius 1 is 0.900 bits per heavy atom. The van der Waals surface area contributed by atoms with Gasteiger partial charge in [-0.25, -0.2) is 4.98 Å². The van der Waals surface area contributed by atoms with E-state index in [0.717, 1.165) is 27.6 Å². The Balaban J connectivity index is 0.000000452. The molecule has 2 heteroatoms. The van der Waals surface area contributed by atoms with E-state index in [4.69, 9.17) is 4.74 Å². The van der Waals surface area contributed by atoms with E-state index < -0.39 is 0 Å². The molecule has 0 bridgehead atoms. The summed E-state index contributed by atoms with van der Waals surface area (Å²) in [6.07, 6.45) is 1.25. The van der Waals surface area contributed by atoms with Gasteiger partial charge in [-0.2, -0.15) is 0 Å². The number of aromatic nitrogens is 1. The maximum Gasteiger partial charge on any atom is 0.119 e. The Hall–Kier alpha value is -2.09. The lowest BCUT2D eigenvalue weighted by molar-refractivity contribution is 0.415. The van der Waals surface area contributed by atoms with Crippen LogP contribution < -0.4 is 4.74 Å². The standard InChI is InChI=1S/C15H13NO.C3H8/c1-10-3-4-11-8-12-9-13(17-2)5-6-14(12)16-15(11)7-10;1-3-2/h3-9H,1-2H3;3H2,1-2H3. The highest BCUT2D eigenvalue weighted by atomic mass is 16.5. The zero-order valence-electron chi connectivity index (χ0n) is 12.6. The summed E-state index contributed by atoms with van der Waals surface area (Å²) in [5.41, 5.74) is 3.28. The van der Waals surface area contributed by atoms with Crippen molar-refractivity contribution in [3.63, 3.8) is 0 Å². The van der Waals surface area contributed by atoms with Crippen LogP contribution in [0.15, 0.2) is 42.5 Å². The quantitative estimate of drug-likeness (QED) is 0.571. The molecule has 0 amide bonds. The van der Waals surface area contributed by atoms with E-state index in [1.807, 2.05) is 18.2 Å². The molecule has 0 aliphatic heterocycles. The van der Waals surface area contributed by atoms with Gasteiger partial charge in [0, 0.05) is 10.8 Å². The molecular formula is C18H21NO. The molecule has 3 rings (SSSR count). The Kier molecular flexibility index (Phi) is 4.57. The Bertz CT molecular complexity index is 719. The number of nitrogens with zero attached hydrogens (tertiary/aromatic N) is 1. The van der Waals surface area contributed by atoms with Crippen LogP contribution in [0.5, 0.6) is 5.75 Å². The fourth-order valence-electron chi connectivity index (χ4n) is 2.05. The zero-order chi connectivity index (χ0) is 14.5. The molecule has 0 N–H and O–H groups in total. The number of methoxy groups -OCH3 is 1. The van der Waals surface area contributed by atoms with Crippen molar-refractivity contribution in [3.8, 4) is 5.75 Å². The third-order valence-corrected chi connectivity index (χ3v) is 2.97. The van der Waals surface area contributed by atoms with Gasteiger partial charge < -0.3 is 4.74 Å². The lowest BCUT2D eigenvalue weighted by Gasteiger charge is -2.04. The second-order valence-corrected chi connectivity index (χ2v) is 4.95. The first-order chi connectivity index (χ1) is 9.67. The second-order valence-electron chi connectivity index (χ2n) is 4.95. The van der Waals surface area contributed by atoms with Crippen LogP contribution in [-0.2, 0) is 0 Å². The summed E-state index contributed by atoms with van der Waals surface area (Å²) in [5, 5.41) is 2.28. The summed E-state index contributed by atoms with van der Waals surface area (Å²) in [7, 11) is 1.68. The van der Waals surface area contributed by atoms with E-state index >= 15 is 0 Å². The van der Waals surface area contributed by atoms with E-state index in [0.29, 0.717) is 0 Å². The van der Waals surface area contributed by atoms with Crippen LogP contribution in [0.4, 0.5) is 0 Å². The first-order valence-corrected chi connectivity index (χ1v) is 7.03. The summed E-state index contributed by atoms with van der Waals surface area (Å²) in [6.45, 7) is 6.33. The molecule has 0 unspecified atom stereocenters. The minimum atomic E-state index is 0.866. The first kappa shape index (κ1) is 14.3. The van der Waals surface area contributed by atoms with Crippen LogP contribution in [0.2, 0.25) is 0 Å². The van der Waals surface area contributed by atoms with Gasteiger partial charge in [-0.05, 0) is 42.8 Å². The van der Waals surface area contributed by atoms with Gasteiger partial charge >= 0.3 is 0 Å². The van der Waals surface area contributed by atoms with Crippen molar-refractivity contribution in [1.29, 1.82) is 0 Å². The van der Waals surface area contributed by atoms with E-state index in [2.05, 4.69) is 50.0 Å². The number of ether oxygens (including phenoxy) is 1. The van der Waals surface area contributed by atoms with Gasteiger partial charge in [0.2, 0.25) is 0 Å². The average molecular weight is 267 g/mol. The minimum Gasteiger partial charge on any atom is -0.497 e. The fourth-order valence-corrected chi connectivity index (χ4v) is 2.05. The minimum absolute atomic E-state index is 0.866. The van der Waals surface area contributed by atoms with Gasteiger partial charge in [-0.1, -0.05) is 32.4 Å². The predicted octanol–water partition coefficient (Wildman–Crippen LogP) is 5.12. The van der Waals surface area contributed by atoms with Gasteiger partial charge in [0.05, 0.1) is 18.1 Å². The molecule has 0 saturated carbocycles. The van der Waals surface area contributed by atoms with Gasteiger partial charge in [0.25, 0.3) is 0 Å². The third kappa shape index (κ3) is 3.08. The van der Waals surface area contributed by atoms with Crippen molar-refractivity contribution in [2.24, 2.45) is 0 Å². The molecule has 20 heavy (non-hydrogen) atoms. The van der Waals surface area contributed by atoms with Crippen LogP contribution in [0.25, 0.3) is 21.8 Å². The summed E-state index contributed by atoms with van der Waals surface area (Å²) >= 11 is 0. The van der Waals surface area contributed by atoms with Crippen LogP contribution >= 0.6 is 0 Å². The molecule has 0 saturated heterocycles. The normalized spacial score (nSPS) is 10.2. The number of hydrogen-bond donors (Lipinski definition) is 0. The summed E-state index contributed by atoms with van der Waals surface area (Å²) < 4.78 is 5.23. The monoisotopic (exact) mass is 267 g/mol. The Morgan fingerprint density at radius 2 is 1.65 bits per heavy atom. The van der Waals surface area contributed by atoms with Crippen molar-refractivity contribution in [1.82, 2.24) is 4.98 Å². The molecule has 2 aromatic carbocycles. The van der Waals surface area contributed by atoms with Gasteiger partial charge in [0.1, 0.15) is 5.75 Å². The molecule has 3 aromatic rings. The molecule has 0 radical (unpaired) electrons. The van der Waals surface area contributed by atoms with Crippen molar-refractivity contribution < 1.29 is 4.74 Å². The lowest BCUT2D eigenvalue weighted by Crippen LogP contribution is -1.86. The summed E-state index contributed by atoms with van der Waals surface area (Å²) in [4.78, 5) is 4.66. The van der Waals surface area contributed by atoms with Crippen LogP contribution in [0.1, 0.15) is 25.8 Å². The van der Waals surface area contributed by atoms with E-state index in [-0.39, 0.29) is 0 Å². The SMILES string of the molecule is CCC.COc1ccc2nc3cc(C)ccc3cc2c1. The number of benzene rings is 2. The topological polar surface area (TPSA) is 22.1 Å². The van der Waals surface area contributed by atoms with Gasteiger partial charge in [-0.15, -0.1) is 0 Å². The fraction of sp³-hybridized carbons (Fsp3) is 0.278. The van der Waals surface area contributed by atoms with Crippen LogP contribution in [0, 0.1) is 6.92 Å².